The fourth-order valence-corrected chi connectivity index (χ4v) is 2.90. The van der Waals surface area contributed by atoms with Gasteiger partial charge in [-0.25, -0.2) is 17.6 Å². The van der Waals surface area contributed by atoms with E-state index in [2.05, 4.69) is 0 Å². The van der Waals surface area contributed by atoms with Gasteiger partial charge in [-0.2, -0.15) is 4.31 Å². The molecule has 0 fully saturated rings. The van der Waals surface area contributed by atoms with Crippen molar-refractivity contribution in [1.82, 2.24) is 9.21 Å². The molecule has 0 unspecified atom stereocenters. The summed E-state index contributed by atoms with van der Waals surface area (Å²) in [5.74, 6) is -2.58. The molecule has 0 spiro atoms. The Morgan fingerprint density at radius 2 is 1.86 bits per heavy atom. The quantitative estimate of drug-likeness (QED) is 0.847. The molecule has 1 N–H and O–H groups in total. The van der Waals surface area contributed by atoms with Gasteiger partial charge in [-0.3, -0.25) is 0 Å². The first kappa shape index (κ1) is 17.8. The van der Waals surface area contributed by atoms with E-state index in [0.717, 1.165) is 16.4 Å². The summed E-state index contributed by atoms with van der Waals surface area (Å²) in [6.45, 7) is 0.652. The Kier molecular flexibility index (Phi) is 5.68. The van der Waals surface area contributed by atoms with Crippen LogP contribution in [0, 0.1) is 5.82 Å². The Morgan fingerprint density at radius 3 is 2.33 bits per heavy atom. The number of sulfonamides is 1. The summed E-state index contributed by atoms with van der Waals surface area (Å²) in [4.78, 5) is 12.3. The van der Waals surface area contributed by atoms with Crippen LogP contribution in [-0.2, 0) is 10.0 Å². The monoisotopic (exact) mass is 338 g/mol. The highest BCUT2D eigenvalue weighted by Crippen LogP contribution is 2.25. The SMILES string of the molecule is CN(C)CCN(C)S(=O)(=O)c1cc(F)c(Cl)c(C(=O)O)c1. The van der Waals surface area contributed by atoms with Gasteiger partial charge < -0.3 is 10.0 Å². The van der Waals surface area contributed by atoms with Crippen LogP contribution in [0.1, 0.15) is 10.4 Å². The Balaban J connectivity index is 3.23. The minimum absolute atomic E-state index is 0.183. The first-order chi connectivity index (χ1) is 9.57. The molecule has 1 rings (SSSR count). The average Bonchev–Trinajstić information content (AvgIpc) is 2.38. The third-order valence-corrected chi connectivity index (χ3v) is 5.02. The van der Waals surface area contributed by atoms with E-state index < -0.39 is 37.3 Å². The standard InChI is InChI=1S/C12H16ClFN2O4S/c1-15(2)4-5-16(3)21(19,20)8-6-9(12(17)18)11(13)10(14)7-8/h6-7H,4-5H2,1-3H3,(H,17,18). The molecule has 9 heteroatoms. The zero-order valence-corrected chi connectivity index (χ0v) is 13.4. The third kappa shape index (κ3) is 4.13. The number of carboxylic acids is 1. The van der Waals surface area contributed by atoms with Crippen LogP contribution in [0.2, 0.25) is 5.02 Å². The number of hydrogen-bond acceptors (Lipinski definition) is 4. The van der Waals surface area contributed by atoms with Gasteiger partial charge in [0.1, 0.15) is 5.82 Å². The van der Waals surface area contributed by atoms with Crippen LogP contribution in [-0.4, -0.2) is 62.9 Å². The molecule has 0 aliphatic heterocycles. The van der Waals surface area contributed by atoms with E-state index in [-0.39, 0.29) is 6.54 Å². The van der Waals surface area contributed by atoms with Crippen LogP contribution in [0.25, 0.3) is 0 Å². The van der Waals surface area contributed by atoms with Crippen LogP contribution in [0.4, 0.5) is 4.39 Å². The normalized spacial score (nSPS) is 12.1. The predicted molar refractivity (Wildman–Crippen MR) is 76.7 cm³/mol. The fraction of sp³-hybridized carbons (Fsp3) is 0.417. The van der Waals surface area contributed by atoms with Gasteiger partial charge in [0.05, 0.1) is 15.5 Å². The van der Waals surface area contributed by atoms with Gasteiger partial charge in [0, 0.05) is 20.1 Å². The number of carbonyl (C=O) groups is 1. The van der Waals surface area contributed by atoms with Crippen LogP contribution < -0.4 is 0 Å². The minimum atomic E-state index is -3.99. The molecule has 0 radical (unpaired) electrons. The van der Waals surface area contributed by atoms with Crippen molar-refractivity contribution in [2.45, 2.75) is 4.90 Å². The lowest BCUT2D eigenvalue weighted by Gasteiger charge is -2.20. The van der Waals surface area contributed by atoms with E-state index in [1.807, 2.05) is 0 Å². The maximum atomic E-state index is 13.6. The predicted octanol–water partition coefficient (Wildman–Crippen LogP) is 1.36. The minimum Gasteiger partial charge on any atom is -0.478 e. The van der Waals surface area contributed by atoms with Gasteiger partial charge in [0.15, 0.2) is 0 Å². The molecular weight excluding hydrogens is 323 g/mol. The van der Waals surface area contributed by atoms with Crippen LogP contribution in [0.15, 0.2) is 17.0 Å². The number of benzene rings is 1. The van der Waals surface area contributed by atoms with E-state index in [1.165, 1.54) is 7.05 Å². The first-order valence-corrected chi connectivity index (χ1v) is 7.72. The summed E-state index contributed by atoms with van der Waals surface area (Å²) in [6.07, 6.45) is 0. The Bertz CT molecular complexity index is 649. The van der Waals surface area contributed by atoms with Crippen molar-refractivity contribution in [2.24, 2.45) is 0 Å². The summed E-state index contributed by atoms with van der Waals surface area (Å²) in [5, 5.41) is 8.32. The molecule has 0 heterocycles. The molecule has 0 bridgehead atoms. The second-order valence-corrected chi connectivity index (χ2v) is 7.12. The zero-order chi connectivity index (χ0) is 16.4. The van der Waals surface area contributed by atoms with Crippen LogP contribution in [0.3, 0.4) is 0 Å². The molecular formula is C12H16ClFN2O4S. The summed E-state index contributed by atoms with van der Waals surface area (Å²) in [6, 6.07) is 1.57. The van der Waals surface area contributed by atoms with Crippen molar-refractivity contribution in [3.05, 3.63) is 28.5 Å². The summed E-state index contributed by atoms with van der Waals surface area (Å²) in [5.41, 5.74) is -0.587. The highest BCUT2D eigenvalue weighted by Gasteiger charge is 2.25. The molecule has 21 heavy (non-hydrogen) atoms. The van der Waals surface area contributed by atoms with E-state index in [9.17, 15) is 17.6 Å². The molecule has 0 amide bonds. The van der Waals surface area contributed by atoms with Crippen LogP contribution >= 0.6 is 11.6 Å². The number of hydrogen-bond donors (Lipinski definition) is 1. The highest BCUT2D eigenvalue weighted by atomic mass is 35.5. The van der Waals surface area contributed by atoms with Crippen molar-refractivity contribution < 1.29 is 22.7 Å². The summed E-state index contributed by atoms with van der Waals surface area (Å²) >= 11 is 5.52. The topological polar surface area (TPSA) is 77.9 Å². The van der Waals surface area contributed by atoms with E-state index >= 15 is 0 Å². The number of rotatable bonds is 6. The second-order valence-electron chi connectivity index (χ2n) is 4.70. The number of carboxylic acid groups (broad SMARTS) is 1. The Labute approximate surface area is 127 Å². The van der Waals surface area contributed by atoms with Crippen molar-refractivity contribution >= 4 is 27.6 Å². The lowest BCUT2D eigenvalue weighted by atomic mass is 10.2. The molecule has 0 aliphatic carbocycles. The van der Waals surface area contributed by atoms with Gasteiger partial charge in [-0.1, -0.05) is 11.6 Å². The maximum absolute atomic E-state index is 13.6. The second kappa shape index (κ2) is 6.69. The average molecular weight is 339 g/mol. The molecule has 0 aliphatic rings. The number of likely N-dealkylation sites (N-methyl/N-ethyl adjacent to an activating group) is 2. The van der Waals surface area contributed by atoms with E-state index in [0.29, 0.717) is 6.54 Å². The highest BCUT2D eigenvalue weighted by molar-refractivity contribution is 7.89. The van der Waals surface area contributed by atoms with Gasteiger partial charge in [0.25, 0.3) is 0 Å². The first-order valence-electron chi connectivity index (χ1n) is 5.90. The van der Waals surface area contributed by atoms with Crippen molar-refractivity contribution in [2.75, 3.05) is 34.2 Å². The van der Waals surface area contributed by atoms with Crippen molar-refractivity contribution in [3.8, 4) is 0 Å². The summed E-state index contributed by atoms with van der Waals surface area (Å²) < 4.78 is 39.2. The molecule has 6 nitrogen and oxygen atoms in total. The Morgan fingerprint density at radius 1 is 1.29 bits per heavy atom. The van der Waals surface area contributed by atoms with Gasteiger partial charge >= 0.3 is 5.97 Å². The maximum Gasteiger partial charge on any atom is 0.337 e. The molecule has 118 valence electrons. The lowest BCUT2D eigenvalue weighted by molar-refractivity contribution is 0.0696. The molecule has 1 aromatic rings. The van der Waals surface area contributed by atoms with E-state index in [4.69, 9.17) is 16.7 Å². The van der Waals surface area contributed by atoms with Gasteiger partial charge in [-0.05, 0) is 26.2 Å². The smallest absolute Gasteiger partial charge is 0.337 e. The van der Waals surface area contributed by atoms with E-state index in [1.54, 1.807) is 19.0 Å². The van der Waals surface area contributed by atoms with Crippen LogP contribution in [0.5, 0.6) is 0 Å². The van der Waals surface area contributed by atoms with Crippen molar-refractivity contribution in [3.63, 3.8) is 0 Å². The van der Waals surface area contributed by atoms with Gasteiger partial charge in [-0.15, -0.1) is 0 Å². The number of aromatic carboxylic acids is 1. The lowest BCUT2D eigenvalue weighted by Crippen LogP contribution is -2.33. The number of halogens is 2. The molecule has 0 saturated carbocycles. The van der Waals surface area contributed by atoms with Gasteiger partial charge in [0.2, 0.25) is 10.0 Å². The number of nitrogens with zero attached hydrogens (tertiary/aromatic N) is 2. The molecule has 0 aromatic heterocycles. The molecule has 0 atom stereocenters. The fourth-order valence-electron chi connectivity index (χ4n) is 1.51. The van der Waals surface area contributed by atoms with Crippen molar-refractivity contribution in [1.29, 1.82) is 0 Å². The zero-order valence-electron chi connectivity index (χ0n) is 11.8. The third-order valence-electron chi connectivity index (χ3n) is 2.80. The Hall–Kier alpha value is -1.22. The molecule has 0 saturated heterocycles. The largest absolute Gasteiger partial charge is 0.478 e. The molecule has 1 aromatic carbocycles. The summed E-state index contributed by atoms with van der Waals surface area (Å²) in [7, 11) is 0.919.